The fourth-order valence-corrected chi connectivity index (χ4v) is 1.32. The van der Waals surface area contributed by atoms with Gasteiger partial charge in [-0.3, -0.25) is 14.9 Å². The number of carbonyl (C=O) groups is 1. The van der Waals surface area contributed by atoms with Crippen molar-refractivity contribution in [3.05, 3.63) is 33.9 Å². The first-order valence-electron chi connectivity index (χ1n) is 4.69. The van der Waals surface area contributed by atoms with Crippen molar-refractivity contribution in [2.75, 3.05) is 0 Å². The zero-order chi connectivity index (χ0) is 12.1. The number of carboxylic acid groups (broad SMARTS) is 1. The lowest BCUT2D eigenvalue weighted by molar-refractivity contribution is -0.384. The van der Waals surface area contributed by atoms with Crippen molar-refractivity contribution in [1.82, 2.24) is 0 Å². The Balaban J connectivity index is 2.74. The fraction of sp³-hybridized carbons (Fsp3) is 0.300. The summed E-state index contributed by atoms with van der Waals surface area (Å²) in [5.41, 5.74) is 0.290. The summed E-state index contributed by atoms with van der Waals surface area (Å²) >= 11 is 0. The summed E-state index contributed by atoms with van der Waals surface area (Å²) < 4.78 is 0. The van der Waals surface area contributed by atoms with Gasteiger partial charge in [-0.25, -0.2) is 0 Å². The molecule has 0 spiro atoms. The fourth-order valence-electron chi connectivity index (χ4n) is 1.32. The smallest absolute Gasteiger partial charge is 0.303 e. The number of non-ortho nitro benzene ring substituents is 1. The van der Waals surface area contributed by atoms with E-state index in [-0.39, 0.29) is 17.9 Å². The number of nitro groups is 1. The Labute approximate surface area is 91.3 Å². The second kappa shape index (κ2) is 5.11. The molecule has 0 aliphatic heterocycles. The standard InChI is InChI=1S/C10H11NO5/c12-9-5-4-8(11(15)16)6-7(9)2-1-3-10(13)14/h4-6,12H,1-3H2,(H,13,14). The second-order valence-corrected chi connectivity index (χ2v) is 3.32. The van der Waals surface area contributed by atoms with Crippen LogP contribution < -0.4 is 0 Å². The summed E-state index contributed by atoms with van der Waals surface area (Å²) in [5.74, 6) is -0.971. The van der Waals surface area contributed by atoms with Gasteiger partial charge in [-0.05, 0) is 18.9 Å². The molecule has 6 heteroatoms. The minimum atomic E-state index is -0.926. The molecule has 0 aromatic heterocycles. The summed E-state index contributed by atoms with van der Waals surface area (Å²) in [5, 5.41) is 28.3. The number of aliphatic carboxylic acids is 1. The molecule has 0 amide bonds. The first-order valence-corrected chi connectivity index (χ1v) is 4.69. The molecule has 2 N–H and O–H groups in total. The molecule has 0 aliphatic carbocycles. The lowest BCUT2D eigenvalue weighted by Gasteiger charge is -2.03. The molecule has 1 rings (SSSR count). The number of phenols is 1. The molecule has 0 saturated heterocycles. The van der Waals surface area contributed by atoms with E-state index in [9.17, 15) is 20.0 Å². The Kier molecular flexibility index (Phi) is 3.82. The van der Waals surface area contributed by atoms with Crippen LogP contribution in [-0.4, -0.2) is 21.1 Å². The lowest BCUT2D eigenvalue weighted by Crippen LogP contribution is -1.97. The Morgan fingerprint density at radius 3 is 2.69 bits per heavy atom. The van der Waals surface area contributed by atoms with Crippen molar-refractivity contribution in [1.29, 1.82) is 0 Å². The highest BCUT2D eigenvalue weighted by atomic mass is 16.6. The first kappa shape index (κ1) is 12.0. The van der Waals surface area contributed by atoms with Gasteiger partial charge in [0.1, 0.15) is 5.75 Å². The van der Waals surface area contributed by atoms with Gasteiger partial charge in [-0.2, -0.15) is 0 Å². The van der Waals surface area contributed by atoms with Crippen molar-refractivity contribution >= 4 is 11.7 Å². The Hall–Kier alpha value is -2.11. The number of nitro benzene ring substituents is 1. The SMILES string of the molecule is O=C(O)CCCc1cc([N+](=O)[O-])ccc1O. The molecule has 0 fully saturated rings. The zero-order valence-electron chi connectivity index (χ0n) is 8.42. The second-order valence-electron chi connectivity index (χ2n) is 3.32. The third-order valence-electron chi connectivity index (χ3n) is 2.11. The first-order chi connectivity index (χ1) is 7.50. The van der Waals surface area contributed by atoms with Crippen LogP contribution in [0.4, 0.5) is 5.69 Å². The molecule has 16 heavy (non-hydrogen) atoms. The number of carboxylic acids is 1. The molecule has 86 valence electrons. The van der Waals surface area contributed by atoms with Gasteiger partial charge in [0.15, 0.2) is 0 Å². The number of phenolic OH excluding ortho intramolecular Hbond substituents is 1. The molecule has 0 radical (unpaired) electrons. The minimum absolute atomic E-state index is 0.0257. The molecular weight excluding hydrogens is 214 g/mol. The van der Waals surface area contributed by atoms with Crippen LogP contribution in [0.5, 0.6) is 5.75 Å². The number of rotatable bonds is 5. The summed E-state index contributed by atoms with van der Waals surface area (Å²) in [6, 6.07) is 3.71. The largest absolute Gasteiger partial charge is 0.508 e. The van der Waals surface area contributed by atoms with E-state index in [1.54, 1.807) is 0 Å². The average Bonchev–Trinajstić information content (AvgIpc) is 2.20. The topological polar surface area (TPSA) is 101 Å². The maximum atomic E-state index is 10.5. The van der Waals surface area contributed by atoms with E-state index in [2.05, 4.69) is 0 Å². The predicted octanol–water partition coefficient (Wildman–Crippen LogP) is 1.71. The van der Waals surface area contributed by atoms with Gasteiger partial charge < -0.3 is 10.2 Å². The van der Waals surface area contributed by atoms with Crippen LogP contribution in [-0.2, 0) is 11.2 Å². The maximum absolute atomic E-state index is 10.5. The molecule has 0 bridgehead atoms. The van der Waals surface area contributed by atoms with Gasteiger partial charge in [-0.15, -0.1) is 0 Å². The van der Waals surface area contributed by atoms with Crippen LogP contribution in [0.1, 0.15) is 18.4 Å². The Morgan fingerprint density at radius 2 is 2.12 bits per heavy atom. The van der Waals surface area contributed by atoms with Crippen LogP contribution in [0.3, 0.4) is 0 Å². The molecule has 1 aromatic rings. The van der Waals surface area contributed by atoms with Gasteiger partial charge in [0.25, 0.3) is 5.69 Å². The molecule has 6 nitrogen and oxygen atoms in total. The zero-order valence-corrected chi connectivity index (χ0v) is 8.42. The molecule has 0 unspecified atom stereocenters. The monoisotopic (exact) mass is 225 g/mol. The van der Waals surface area contributed by atoms with E-state index in [4.69, 9.17) is 5.11 Å². The van der Waals surface area contributed by atoms with Gasteiger partial charge in [-0.1, -0.05) is 0 Å². The van der Waals surface area contributed by atoms with E-state index < -0.39 is 10.9 Å². The van der Waals surface area contributed by atoms with Crippen LogP contribution in [0.25, 0.3) is 0 Å². The summed E-state index contributed by atoms with van der Waals surface area (Å²) in [6.07, 6.45) is 0.617. The number of benzene rings is 1. The van der Waals surface area contributed by atoms with E-state index in [1.807, 2.05) is 0 Å². The van der Waals surface area contributed by atoms with E-state index in [0.717, 1.165) is 0 Å². The van der Waals surface area contributed by atoms with Crippen molar-refractivity contribution in [3.8, 4) is 5.75 Å². The van der Waals surface area contributed by atoms with Crippen LogP contribution in [0, 0.1) is 10.1 Å². The molecular formula is C10H11NO5. The van der Waals surface area contributed by atoms with Gasteiger partial charge >= 0.3 is 5.97 Å². The maximum Gasteiger partial charge on any atom is 0.303 e. The van der Waals surface area contributed by atoms with Gasteiger partial charge in [0.05, 0.1) is 4.92 Å². The van der Waals surface area contributed by atoms with Crippen molar-refractivity contribution in [3.63, 3.8) is 0 Å². The van der Waals surface area contributed by atoms with Crippen molar-refractivity contribution < 1.29 is 19.9 Å². The van der Waals surface area contributed by atoms with Crippen molar-refractivity contribution in [2.45, 2.75) is 19.3 Å². The van der Waals surface area contributed by atoms with Crippen LogP contribution in [0.2, 0.25) is 0 Å². The molecule has 1 aromatic carbocycles. The normalized spacial score (nSPS) is 10.0. The van der Waals surface area contributed by atoms with E-state index >= 15 is 0 Å². The van der Waals surface area contributed by atoms with Crippen molar-refractivity contribution in [2.24, 2.45) is 0 Å². The highest BCUT2D eigenvalue weighted by molar-refractivity contribution is 5.66. The quantitative estimate of drug-likeness (QED) is 0.586. The number of aromatic hydroxyl groups is 1. The number of hydrogen-bond donors (Lipinski definition) is 2. The highest BCUT2D eigenvalue weighted by Gasteiger charge is 2.10. The molecule has 0 saturated carbocycles. The van der Waals surface area contributed by atoms with Crippen LogP contribution >= 0.6 is 0 Å². The minimum Gasteiger partial charge on any atom is -0.508 e. The van der Waals surface area contributed by atoms with Crippen LogP contribution in [0.15, 0.2) is 18.2 Å². The van der Waals surface area contributed by atoms with Gasteiger partial charge in [0.2, 0.25) is 0 Å². The summed E-state index contributed by atoms with van der Waals surface area (Å²) in [6.45, 7) is 0. The Bertz CT molecular complexity index is 416. The number of aryl methyl sites for hydroxylation is 1. The van der Waals surface area contributed by atoms with E-state index in [1.165, 1.54) is 18.2 Å². The molecule has 0 atom stereocenters. The third kappa shape index (κ3) is 3.23. The lowest BCUT2D eigenvalue weighted by atomic mass is 10.1. The summed E-state index contributed by atoms with van der Waals surface area (Å²) in [7, 11) is 0. The van der Waals surface area contributed by atoms with Gasteiger partial charge in [0, 0.05) is 24.1 Å². The average molecular weight is 225 g/mol. The predicted molar refractivity (Wildman–Crippen MR) is 55.3 cm³/mol. The van der Waals surface area contributed by atoms with E-state index in [0.29, 0.717) is 18.4 Å². The summed E-state index contributed by atoms with van der Waals surface area (Å²) in [4.78, 5) is 20.2. The third-order valence-corrected chi connectivity index (χ3v) is 2.11. The number of hydrogen-bond acceptors (Lipinski definition) is 4. The highest BCUT2D eigenvalue weighted by Crippen LogP contribution is 2.24. The Morgan fingerprint density at radius 1 is 1.44 bits per heavy atom. The molecule has 0 aliphatic rings. The molecule has 0 heterocycles. The number of nitrogens with zero attached hydrogens (tertiary/aromatic N) is 1.